The molecule has 0 spiro atoms. The van der Waals surface area contributed by atoms with Crippen LogP contribution in [-0.4, -0.2) is 83.6 Å². The van der Waals surface area contributed by atoms with Crippen LogP contribution in [0.2, 0.25) is 0 Å². The lowest BCUT2D eigenvalue weighted by atomic mass is 10.4. The lowest BCUT2D eigenvalue weighted by Gasteiger charge is -2.15. The van der Waals surface area contributed by atoms with Crippen molar-refractivity contribution in [3.63, 3.8) is 0 Å². The lowest BCUT2D eigenvalue weighted by Crippen LogP contribution is -2.40. The number of aliphatic imine (C=N–C) groups is 1. The summed E-state index contributed by atoms with van der Waals surface area (Å²) in [6, 6.07) is -0.223. The summed E-state index contributed by atoms with van der Waals surface area (Å²) in [5.74, 6) is 0. The molecule has 2 heterocycles. The molecular formula is C14H30N6O6S2. The van der Waals surface area contributed by atoms with E-state index < -0.39 is 25.3 Å². The Hall–Kier alpha value is -1.57. The Bertz CT molecular complexity index is 729. The van der Waals surface area contributed by atoms with Crippen LogP contribution in [0.4, 0.5) is 4.79 Å². The van der Waals surface area contributed by atoms with Crippen molar-refractivity contribution in [2.75, 3.05) is 39.3 Å². The summed E-state index contributed by atoms with van der Waals surface area (Å²) >= 11 is 0. The summed E-state index contributed by atoms with van der Waals surface area (Å²) in [5.41, 5.74) is 0. The molecule has 2 aliphatic heterocycles. The van der Waals surface area contributed by atoms with Gasteiger partial charge in [0, 0.05) is 32.7 Å². The molecule has 2 saturated heterocycles. The molecule has 12 nitrogen and oxygen atoms in total. The minimum atomic E-state index is -3.51. The van der Waals surface area contributed by atoms with Gasteiger partial charge in [-0.05, 0) is 33.2 Å². The van der Waals surface area contributed by atoms with Crippen LogP contribution in [0.5, 0.6) is 0 Å². The van der Waals surface area contributed by atoms with Gasteiger partial charge >= 0.3 is 6.03 Å². The Morgan fingerprint density at radius 1 is 1.18 bits per heavy atom. The fourth-order valence-corrected chi connectivity index (χ4v) is 4.04. The van der Waals surface area contributed by atoms with Gasteiger partial charge in [0.1, 0.15) is 0 Å². The Morgan fingerprint density at radius 2 is 1.79 bits per heavy atom. The summed E-state index contributed by atoms with van der Waals surface area (Å²) in [6.45, 7) is 6.60. The van der Waals surface area contributed by atoms with Gasteiger partial charge in [0.25, 0.3) is 0 Å². The van der Waals surface area contributed by atoms with Crippen LogP contribution >= 0.6 is 0 Å². The van der Waals surface area contributed by atoms with Crippen molar-refractivity contribution in [3.05, 3.63) is 0 Å². The third-order valence-electron chi connectivity index (χ3n) is 3.93. The second-order valence-corrected chi connectivity index (χ2v) is 9.74. The number of carbonyl (C=O) groups excluding carboxylic acids is 2. The van der Waals surface area contributed by atoms with Crippen LogP contribution in [0.3, 0.4) is 0 Å². The molecule has 28 heavy (non-hydrogen) atoms. The van der Waals surface area contributed by atoms with Gasteiger partial charge in [-0.3, -0.25) is 0 Å². The van der Waals surface area contributed by atoms with Crippen molar-refractivity contribution in [2.45, 2.75) is 37.2 Å². The molecule has 0 aliphatic carbocycles. The molecule has 2 amide bonds. The zero-order valence-corrected chi connectivity index (χ0v) is 17.8. The molecule has 6 N–H and O–H groups in total. The van der Waals surface area contributed by atoms with Gasteiger partial charge < -0.3 is 15.5 Å². The van der Waals surface area contributed by atoms with Crippen molar-refractivity contribution in [1.82, 2.24) is 15.5 Å². The molecule has 164 valence electrons. The van der Waals surface area contributed by atoms with Gasteiger partial charge in [0.2, 0.25) is 26.1 Å². The van der Waals surface area contributed by atoms with Crippen molar-refractivity contribution in [2.24, 2.45) is 15.3 Å². The predicted molar refractivity (Wildman–Crippen MR) is 105 cm³/mol. The molecule has 0 radical (unpaired) electrons. The molecular weight excluding hydrogens is 412 g/mol. The van der Waals surface area contributed by atoms with E-state index in [0.717, 1.165) is 6.54 Å². The maximum absolute atomic E-state index is 11.3. The normalized spacial score (nSPS) is 21.5. The highest BCUT2D eigenvalue weighted by molar-refractivity contribution is 7.90. The van der Waals surface area contributed by atoms with E-state index in [-0.39, 0.29) is 17.8 Å². The molecule has 14 heteroatoms. The standard InChI is InChI=1S/C7H15N3O3S.C4H10N2O2S.C3H5NO/c1-2-9-7(11)10-4-3-6(5-10)14(8,12)13;5-9(7,8)4-1-2-6-3-4;1-2-4-3-5/h6H,2-5H2,1H3,(H,9,11)(H2,8,12,13);4,6H,1-3H2,(H2,5,7,8);2H2,1H3. The maximum Gasteiger partial charge on any atom is 0.317 e. The fourth-order valence-electron chi connectivity index (χ4n) is 2.42. The first kappa shape index (κ1) is 26.4. The zero-order valence-electron chi connectivity index (χ0n) is 16.1. The largest absolute Gasteiger partial charge is 0.338 e. The SMILES string of the molecule is CCN=C=O.CCNC(=O)N1CCC(S(N)(=O)=O)C1.NS(=O)(=O)C1CCNC1. The van der Waals surface area contributed by atoms with E-state index in [1.807, 2.05) is 6.92 Å². The number of nitrogens with two attached hydrogens (primary N) is 2. The number of sulfonamides is 2. The predicted octanol–water partition coefficient (Wildman–Crippen LogP) is -1.94. The van der Waals surface area contributed by atoms with E-state index in [1.54, 1.807) is 6.92 Å². The smallest absolute Gasteiger partial charge is 0.317 e. The number of isocyanates is 1. The number of likely N-dealkylation sites (tertiary alicyclic amines) is 1. The van der Waals surface area contributed by atoms with E-state index in [2.05, 4.69) is 15.6 Å². The van der Waals surface area contributed by atoms with Gasteiger partial charge in [-0.2, -0.15) is 0 Å². The highest BCUT2D eigenvalue weighted by Crippen LogP contribution is 2.14. The summed E-state index contributed by atoms with van der Waals surface area (Å²) in [5, 5.41) is 14.4. The summed E-state index contributed by atoms with van der Waals surface area (Å²) in [4.78, 5) is 25.0. The van der Waals surface area contributed by atoms with Gasteiger partial charge in [-0.25, -0.2) is 41.7 Å². The Labute approximate surface area is 166 Å². The van der Waals surface area contributed by atoms with Crippen LogP contribution in [0.1, 0.15) is 26.7 Å². The molecule has 0 aromatic carbocycles. The first-order chi connectivity index (χ1) is 13.0. The highest BCUT2D eigenvalue weighted by atomic mass is 32.2. The van der Waals surface area contributed by atoms with Crippen LogP contribution in [0.25, 0.3) is 0 Å². The van der Waals surface area contributed by atoms with Gasteiger partial charge in [0.05, 0.1) is 10.5 Å². The van der Waals surface area contributed by atoms with E-state index in [9.17, 15) is 21.6 Å². The number of urea groups is 1. The minimum Gasteiger partial charge on any atom is -0.338 e. The van der Waals surface area contributed by atoms with E-state index in [4.69, 9.17) is 15.1 Å². The first-order valence-electron chi connectivity index (χ1n) is 8.77. The average molecular weight is 443 g/mol. The maximum atomic E-state index is 11.3. The van der Waals surface area contributed by atoms with Crippen LogP contribution in [-0.2, 0) is 24.8 Å². The molecule has 2 rings (SSSR count). The Morgan fingerprint density at radius 3 is 2.07 bits per heavy atom. The molecule has 2 unspecified atom stereocenters. The number of nitrogens with zero attached hydrogens (tertiary/aromatic N) is 2. The van der Waals surface area contributed by atoms with Crippen molar-refractivity contribution >= 4 is 32.2 Å². The van der Waals surface area contributed by atoms with E-state index in [0.29, 0.717) is 39.0 Å². The quantitative estimate of drug-likeness (QED) is 0.287. The Kier molecular flexibility index (Phi) is 12.1. The van der Waals surface area contributed by atoms with Gasteiger partial charge in [-0.1, -0.05) is 0 Å². The third kappa shape index (κ3) is 10.7. The Balaban J connectivity index is 0.000000445. The second-order valence-electron chi connectivity index (χ2n) is 6.05. The molecule has 2 fully saturated rings. The number of nitrogens with one attached hydrogen (secondary N) is 2. The molecule has 2 atom stereocenters. The summed E-state index contributed by atoms with van der Waals surface area (Å²) in [7, 11) is -6.77. The first-order valence-corrected chi connectivity index (χ1v) is 12.0. The number of amides is 2. The number of hydrogen-bond acceptors (Lipinski definition) is 8. The van der Waals surface area contributed by atoms with E-state index >= 15 is 0 Å². The van der Waals surface area contributed by atoms with Crippen LogP contribution in [0, 0.1) is 0 Å². The molecule has 0 aromatic rings. The third-order valence-corrected chi connectivity index (χ3v) is 6.57. The number of rotatable bonds is 4. The van der Waals surface area contributed by atoms with Crippen LogP contribution < -0.4 is 20.9 Å². The van der Waals surface area contributed by atoms with E-state index in [1.165, 1.54) is 11.0 Å². The number of hydrogen-bond donors (Lipinski definition) is 4. The topological polar surface area (TPSA) is 194 Å². The van der Waals surface area contributed by atoms with Gasteiger partial charge in [0.15, 0.2) is 0 Å². The highest BCUT2D eigenvalue weighted by Gasteiger charge is 2.32. The average Bonchev–Trinajstić information content (AvgIpc) is 3.28. The summed E-state index contributed by atoms with van der Waals surface area (Å²) < 4.78 is 43.1. The van der Waals surface area contributed by atoms with Crippen molar-refractivity contribution in [3.8, 4) is 0 Å². The lowest BCUT2D eigenvalue weighted by molar-refractivity contribution is 0.209. The number of carbonyl (C=O) groups is 1. The van der Waals surface area contributed by atoms with Crippen molar-refractivity contribution < 1.29 is 26.4 Å². The molecule has 2 aliphatic rings. The molecule has 0 saturated carbocycles. The van der Waals surface area contributed by atoms with Crippen molar-refractivity contribution in [1.29, 1.82) is 0 Å². The zero-order chi connectivity index (χ0) is 21.8. The van der Waals surface area contributed by atoms with Crippen LogP contribution in [0.15, 0.2) is 4.99 Å². The molecule has 0 bridgehead atoms. The molecule has 0 aromatic heterocycles. The summed E-state index contributed by atoms with van der Waals surface area (Å²) in [6.07, 6.45) is 2.47. The fraction of sp³-hybridized carbons (Fsp3) is 0.857. The monoisotopic (exact) mass is 442 g/mol. The second kappa shape index (κ2) is 12.8. The van der Waals surface area contributed by atoms with Gasteiger partial charge in [-0.15, -0.1) is 0 Å². The number of primary sulfonamides is 2. The minimum absolute atomic E-state index is 0.199.